The summed E-state index contributed by atoms with van der Waals surface area (Å²) in [4.78, 5) is 15.6. The summed E-state index contributed by atoms with van der Waals surface area (Å²) in [5.74, 6) is -0.556. The lowest BCUT2D eigenvalue weighted by molar-refractivity contribution is -0.274. The summed E-state index contributed by atoms with van der Waals surface area (Å²) in [6, 6.07) is 5.02. The van der Waals surface area contributed by atoms with Gasteiger partial charge in [-0.05, 0) is 43.6 Å². The first kappa shape index (κ1) is 15.1. The van der Waals surface area contributed by atoms with Crippen LogP contribution >= 0.6 is 12.2 Å². The van der Waals surface area contributed by atoms with E-state index in [2.05, 4.69) is 4.74 Å². The molecule has 2 saturated heterocycles. The minimum atomic E-state index is -4.77. The van der Waals surface area contributed by atoms with Crippen molar-refractivity contribution >= 4 is 28.9 Å². The number of ether oxygens (including phenoxy) is 1. The number of thiocarbonyl (C=S) groups is 1. The second kappa shape index (κ2) is 5.42. The van der Waals surface area contributed by atoms with Crippen molar-refractivity contribution < 1.29 is 22.7 Å². The largest absolute Gasteiger partial charge is 0.573 e. The molecule has 0 unspecified atom stereocenters. The summed E-state index contributed by atoms with van der Waals surface area (Å²) in [5.41, 5.74) is 0.297. The molecule has 1 aromatic carbocycles. The molecule has 0 spiro atoms. The topological polar surface area (TPSA) is 32.8 Å². The maximum atomic E-state index is 12.5. The highest BCUT2D eigenvalue weighted by molar-refractivity contribution is 7.80. The first-order chi connectivity index (χ1) is 10.4. The smallest absolute Gasteiger partial charge is 0.406 e. The zero-order chi connectivity index (χ0) is 15.9. The van der Waals surface area contributed by atoms with Crippen LogP contribution in [0.4, 0.5) is 18.9 Å². The molecule has 2 aliphatic rings. The highest BCUT2D eigenvalue weighted by Gasteiger charge is 2.44. The van der Waals surface area contributed by atoms with Crippen LogP contribution in [-0.4, -0.2) is 34.9 Å². The van der Waals surface area contributed by atoms with E-state index < -0.39 is 6.36 Å². The van der Waals surface area contributed by atoms with E-state index in [-0.39, 0.29) is 17.7 Å². The molecule has 0 saturated carbocycles. The number of piperidine rings is 1. The molecule has 22 heavy (non-hydrogen) atoms. The summed E-state index contributed by atoms with van der Waals surface area (Å²) in [5, 5.41) is 0.346. The van der Waals surface area contributed by atoms with Crippen LogP contribution < -0.4 is 9.64 Å². The van der Waals surface area contributed by atoms with Crippen LogP contribution in [0.2, 0.25) is 0 Å². The van der Waals surface area contributed by atoms with Crippen LogP contribution in [0.5, 0.6) is 5.75 Å². The molecule has 1 amide bonds. The van der Waals surface area contributed by atoms with Gasteiger partial charge in [-0.3, -0.25) is 9.69 Å². The zero-order valence-electron chi connectivity index (χ0n) is 11.5. The average Bonchev–Trinajstić information content (AvgIpc) is 2.70. The van der Waals surface area contributed by atoms with Gasteiger partial charge in [-0.25, -0.2) is 0 Å². The third kappa shape index (κ3) is 2.75. The number of rotatable bonds is 2. The number of halogens is 3. The molecule has 3 rings (SSSR count). The molecule has 0 radical (unpaired) electrons. The van der Waals surface area contributed by atoms with Crippen molar-refractivity contribution in [3.63, 3.8) is 0 Å². The predicted octanol–water partition coefficient (Wildman–Crippen LogP) is 3.07. The molecule has 1 aromatic rings. The van der Waals surface area contributed by atoms with Gasteiger partial charge in [0.1, 0.15) is 11.8 Å². The molecular formula is C14H13F3N2O2S. The Morgan fingerprint density at radius 3 is 2.73 bits per heavy atom. The van der Waals surface area contributed by atoms with Crippen LogP contribution in [0.15, 0.2) is 24.3 Å². The Bertz CT molecular complexity index is 596. The van der Waals surface area contributed by atoms with Gasteiger partial charge in [0.2, 0.25) is 0 Å². The molecule has 0 aliphatic carbocycles. The van der Waals surface area contributed by atoms with E-state index in [0.29, 0.717) is 23.8 Å². The number of nitrogens with zero attached hydrogens (tertiary/aromatic N) is 2. The molecule has 0 aromatic heterocycles. The number of carbonyl (C=O) groups is 1. The number of benzene rings is 1. The monoisotopic (exact) mass is 330 g/mol. The molecule has 0 N–H and O–H groups in total. The molecule has 2 fully saturated rings. The second-order valence-corrected chi connectivity index (χ2v) is 5.57. The van der Waals surface area contributed by atoms with E-state index in [1.54, 1.807) is 6.07 Å². The van der Waals surface area contributed by atoms with Gasteiger partial charge >= 0.3 is 6.36 Å². The highest BCUT2D eigenvalue weighted by atomic mass is 32.1. The van der Waals surface area contributed by atoms with Gasteiger partial charge in [0.05, 0.1) is 5.69 Å². The Balaban J connectivity index is 1.89. The Morgan fingerprint density at radius 2 is 2.05 bits per heavy atom. The minimum absolute atomic E-state index is 0.186. The summed E-state index contributed by atoms with van der Waals surface area (Å²) in [6.45, 7) is 0.699. The van der Waals surface area contributed by atoms with Gasteiger partial charge in [0.15, 0.2) is 5.11 Å². The lowest BCUT2D eigenvalue weighted by atomic mass is 10.0. The van der Waals surface area contributed by atoms with E-state index >= 15 is 0 Å². The van der Waals surface area contributed by atoms with E-state index in [9.17, 15) is 18.0 Å². The van der Waals surface area contributed by atoms with Crippen molar-refractivity contribution in [3.8, 4) is 5.75 Å². The second-order valence-electron chi connectivity index (χ2n) is 5.21. The normalized spacial score (nSPS) is 22.0. The minimum Gasteiger partial charge on any atom is -0.406 e. The number of anilines is 1. The maximum absolute atomic E-state index is 12.5. The molecule has 4 nitrogen and oxygen atoms in total. The third-order valence-corrected chi connectivity index (χ3v) is 4.17. The van der Waals surface area contributed by atoms with Crippen molar-refractivity contribution in [1.29, 1.82) is 0 Å². The van der Waals surface area contributed by atoms with E-state index in [4.69, 9.17) is 12.2 Å². The Hall–Kier alpha value is -1.83. The number of hydrogen-bond acceptors (Lipinski definition) is 3. The maximum Gasteiger partial charge on any atom is 0.573 e. The van der Waals surface area contributed by atoms with Crippen molar-refractivity contribution in [3.05, 3.63) is 24.3 Å². The van der Waals surface area contributed by atoms with E-state index in [0.717, 1.165) is 12.8 Å². The van der Waals surface area contributed by atoms with Gasteiger partial charge in [0.25, 0.3) is 5.91 Å². The standard InChI is InChI=1S/C14H13F3N2O2S/c15-14(16,17)21-10-5-3-4-9(8-10)19-12(20)11-6-1-2-7-18(11)13(19)22/h3-5,8,11H,1-2,6-7H2/t11-/m1/s1. The summed E-state index contributed by atoms with van der Waals surface area (Å²) < 4.78 is 40.8. The molecule has 8 heteroatoms. The first-order valence-electron chi connectivity index (χ1n) is 6.87. The van der Waals surface area contributed by atoms with E-state index in [1.807, 2.05) is 4.90 Å². The fourth-order valence-electron chi connectivity index (χ4n) is 2.85. The predicted molar refractivity (Wildman–Crippen MR) is 77.6 cm³/mol. The van der Waals surface area contributed by atoms with Crippen LogP contribution in [0.3, 0.4) is 0 Å². The molecule has 118 valence electrons. The van der Waals surface area contributed by atoms with Crippen molar-refractivity contribution in [2.24, 2.45) is 0 Å². The fourth-order valence-corrected chi connectivity index (χ4v) is 3.26. The summed E-state index contributed by atoms with van der Waals surface area (Å²) in [7, 11) is 0. The number of amides is 1. The SMILES string of the molecule is O=C1[C@H]2CCCCN2C(=S)N1c1cccc(OC(F)(F)F)c1. The van der Waals surface area contributed by atoms with Crippen LogP contribution in [-0.2, 0) is 4.79 Å². The highest BCUT2D eigenvalue weighted by Crippen LogP contribution is 2.33. The Morgan fingerprint density at radius 1 is 1.27 bits per heavy atom. The van der Waals surface area contributed by atoms with Crippen molar-refractivity contribution in [2.75, 3.05) is 11.4 Å². The van der Waals surface area contributed by atoms with Crippen molar-refractivity contribution in [2.45, 2.75) is 31.7 Å². The molecule has 2 heterocycles. The number of hydrogen-bond donors (Lipinski definition) is 0. The fraction of sp³-hybridized carbons (Fsp3) is 0.429. The average molecular weight is 330 g/mol. The summed E-state index contributed by atoms with van der Waals surface area (Å²) in [6.07, 6.45) is -2.16. The van der Waals surface area contributed by atoms with Crippen molar-refractivity contribution in [1.82, 2.24) is 4.90 Å². The quantitative estimate of drug-likeness (QED) is 0.780. The van der Waals surface area contributed by atoms with Gasteiger partial charge in [-0.15, -0.1) is 13.2 Å². The van der Waals surface area contributed by atoms with E-state index in [1.165, 1.54) is 23.1 Å². The number of carbonyl (C=O) groups excluding carboxylic acids is 1. The third-order valence-electron chi connectivity index (χ3n) is 3.75. The zero-order valence-corrected chi connectivity index (χ0v) is 12.3. The van der Waals surface area contributed by atoms with Gasteiger partial charge in [0, 0.05) is 12.6 Å². The lowest BCUT2D eigenvalue weighted by Gasteiger charge is -2.27. The summed E-state index contributed by atoms with van der Waals surface area (Å²) >= 11 is 5.32. The van der Waals surface area contributed by atoms with Crippen LogP contribution in [0.25, 0.3) is 0 Å². The number of alkyl halides is 3. The number of fused-ring (bicyclic) bond motifs is 1. The Labute approximate surface area is 130 Å². The first-order valence-corrected chi connectivity index (χ1v) is 7.28. The van der Waals surface area contributed by atoms with Crippen LogP contribution in [0, 0.1) is 0 Å². The molecule has 1 atom stereocenters. The molecular weight excluding hydrogens is 317 g/mol. The molecule has 2 aliphatic heterocycles. The molecule has 0 bridgehead atoms. The van der Waals surface area contributed by atoms with Gasteiger partial charge in [-0.2, -0.15) is 0 Å². The van der Waals surface area contributed by atoms with Gasteiger partial charge < -0.3 is 9.64 Å². The van der Waals surface area contributed by atoms with Crippen LogP contribution in [0.1, 0.15) is 19.3 Å². The lowest BCUT2D eigenvalue weighted by Crippen LogP contribution is -2.38. The van der Waals surface area contributed by atoms with Gasteiger partial charge in [-0.1, -0.05) is 6.07 Å². The Kier molecular flexibility index (Phi) is 3.72.